The maximum atomic E-state index is 11.6. The number of carboxylic acid groups (broad SMARTS) is 1. The Bertz CT molecular complexity index is 1330. The van der Waals surface area contributed by atoms with E-state index in [2.05, 4.69) is 93.0 Å². The topological polar surface area (TPSA) is 355 Å². The highest BCUT2D eigenvalue weighted by Gasteiger charge is 2.31. The number of methoxy groups -OCH3 is 1. The Morgan fingerprint density at radius 1 is 0.538 bits per heavy atom. The number of nitrogens with two attached hydrogens (primary N) is 1. The zero-order valence-corrected chi connectivity index (χ0v) is 40.7. The van der Waals surface area contributed by atoms with E-state index in [1.54, 1.807) is 0 Å². The van der Waals surface area contributed by atoms with E-state index in [1.807, 2.05) is 14.1 Å². The highest BCUT2D eigenvalue weighted by Crippen LogP contribution is 2.11. The van der Waals surface area contributed by atoms with E-state index in [4.69, 9.17) is 30.8 Å². The molecule has 91 heavy (non-hydrogen) atoms. The number of rotatable bonds is 40. The van der Waals surface area contributed by atoms with Crippen LogP contribution in [0.25, 0.3) is 0 Å². The van der Waals surface area contributed by atoms with Crippen molar-refractivity contribution in [1.82, 2.24) is 30.8 Å². The fraction of sp³-hybridized carbons (Fsp3) is 0.839. The van der Waals surface area contributed by atoms with Crippen LogP contribution in [0.5, 0.6) is 0 Å². The van der Waals surface area contributed by atoms with Crippen LogP contribution >= 0.6 is 0 Å². The number of amides is 3. The molecule has 8 N–H and O–H groups in total. The van der Waals surface area contributed by atoms with Crippen molar-refractivity contribution in [1.29, 1.82) is 0 Å². The van der Waals surface area contributed by atoms with Crippen molar-refractivity contribution in [3.8, 4) is 0 Å². The maximum absolute atomic E-state index is 11.6. The standard InChI is InChI=1S/C15H29N3O6.C11H17NO9.C8H21N3.C6H10O7.22CH4/c1-4-7-18(8-5-16-3)9-6-17-13(20)10-23-14(21)11-24-15(22)12(2)19;1-15-4-5-16-17-6-7-18-19-8-9-20-21-12-10(13)2-3-11(12)14;1-3-6-11(7-4-9)8-5-10-2;7-1-2-10-11-3-4-12-13-5-6(8)9;;;;;;;;;;;;;;;;;;;;;;/h12,16,19H,4-11H2,1-3H3,(H,17,20);4-5H,2-3,6-9H2,1H3;10H,3-9H2,1-2H3;1-2,7H,3-5H2,(H,8,9);22*1H4/b;5-4+;;2-1+;;;;;;;;;;;;;;;;;;;;;;. The molecule has 29 nitrogen and oxygen atoms in total. The van der Waals surface area contributed by atoms with Gasteiger partial charge in [0.2, 0.25) is 0 Å². The molecule has 0 bridgehead atoms. The summed E-state index contributed by atoms with van der Waals surface area (Å²) < 4.78 is 13.7. The summed E-state index contributed by atoms with van der Waals surface area (Å²) in [6, 6.07) is 0. The average Bonchev–Trinajstić information content (AvgIpc) is 3.65. The number of likely N-dealkylation sites (N-methyl/N-ethyl adjacent to an activating group) is 2. The average molecular weight is 1360 g/mol. The van der Waals surface area contributed by atoms with Gasteiger partial charge in [-0.1, -0.05) is 177 Å². The Kier molecular flexibility index (Phi) is 238. The van der Waals surface area contributed by atoms with E-state index in [0.29, 0.717) is 24.4 Å². The molecule has 1 heterocycles. The minimum atomic E-state index is -1.31. The molecule has 1 atom stereocenters. The summed E-state index contributed by atoms with van der Waals surface area (Å²) in [5, 5.41) is 34.5. The number of hydrogen-bond acceptors (Lipinski definition) is 26. The van der Waals surface area contributed by atoms with E-state index < -0.39 is 61.6 Å². The number of imide groups is 1. The molecule has 0 aliphatic carbocycles. The first-order valence-corrected chi connectivity index (χ1v) is 21.9. The van der Waals surface area contributed by atoms with Crippen LogP contribution in [0.1, 0.15) is 210 Å². The number of aliphatic carboxylic acids is 1. The van der Waals surface area contributed by atoms with Crippen LogP contribution in [0, 0.1) is 0 Å². The quantitative estimate of drug-likeness (QED) is 0.00748. The van der Waals surface area contributed by atoms with Gasteiger partial charge in [-0.25, -0.2) is 38.8 Å². The molecule has 0 aromatic heterocycles. The predicted octanol–water partition coefficient (Wildman–Crippen LogP) is 12.4. The molecular formula is C62H165N7O22. The van der Waals surface area contributed by atoms with Crippen LogP contribution in [-0.2, 0) is 92.0 Å². The van der Waals surface area contributed by atoms with Crippen LogP contribution in [-0.4, -0.2) is 218 Å². The third-order valence-electron chi connectivity index (χ3n) is 7.40. The molecule has 1 unspecified atom stereocenters. The SMILES string of the molecule is C.C.C.C.C.C.C.C.C.C.C.C.C.C.C.C.C.C.C.C.C.C.CCCN(CCN)CCNC.CCCN(CCNC)CCNC(=O)COC(=O)COC(=O)C(C)O.CO/C=C/OOCCOOCCOON1C(=O)CCC1=O.O=C(O)COOCCOO/C=C/O. The van der Waals surface area contributed by atoms with Crippen LogP contribution in [0.4, 0.5) is 0 Å². The molecule has 0 saturated carbocycles. The third-order valence-corrected chi connectivity index (χ3v) is 7.40. The summed E-state index contributed by atoms with van der Waals surface area (Å²) in [5.74, 6) is -4.18. The molecule has 0 aromatic rings. The molecule has 0 spiro atoms. The van der Waals surface area contributed by atoms with Crippen molar-refractivity contribution in [2.24, 2.45) is 5.73 Å². The molecule has 1 fully saturated rings. The molecule has 3 amide bonds. The second-order valence-electron chi connectivity index (χ2n) is 13.2. The minimum absolute atomic E-state index is 0. The highest BCUT2D eigenvalue weighted by atomic mass is 17.3. The van der Waals surface area contributed by atoms with Gasteiger partial charge in [0, 0.05) is 65.2 Å². The maximum Gasteiger partial charge on any atom is 0.344 e. The Balaban J connectivity index is -0.0000000265. The van der Waals surface area contributed by atoms with Crippen molar-refractivity contribution in [2.45, 2.75) is 216 Å². The second-order valence-corrected chi connectivity index (χ2v) is 13.2. The van der Waals surface area contributed by atoms with E-state index >= 15 is 0 Å². The van der Waals surface area contributed by atoms with Crippen LogP contribution < -0.4 is 21.7 Å². The van der Waals surface area contributed by atoms with Gasteiger partial charge in [0.1, 0.15) is 58.3 Å². The second kappa shape index (κ2) is 130. The van der Waals surface area contributed by atoms with E-state index in [-0.39, 0.29) is 216 Å². The molecular weight excluding hydrogens is 1190 g/mol. The number of esters is 2. The van der Waals surface area contributed by atoms with Gasteiger partial charge in [0.25, 0.3) is 17.7 Å². The van der Waals surface area contributed by atoms with Crippen molar-refractivity contribution in [3.63, 3.8) is 0 Å². The number of nitrogens with one attached hydrogen (secondary N) is 3. The van der Waals surface area contributed by atoms with Crippen LogP contribution in [0.15, 0.2) is 25.0 Å². The number of hydroxylamine groups is 2. The van der Waals surface area contributed by atoms with Gasteiger partial charge in [-0.2, -0.15) is 9.78 Å². The summed E-state index contributed by atoms with van der Waals surface area (Å²) in [6.45, 7) is 13.3. The van der Waals surface area contributed by atoms with Crippen molar-refractivity contribution in [2.75, 3.05) is 146 Å². The summed E-state index contributed by atoms with van der Waals surface area (Å²) in [6.07, 6.45) is 5.27. The van der Waals surface area contributed by atoms with Gasteiger partial charge < -0.3 is 70.8 Å². The predicted molar refractivity (Wildman–Crippen MR) is 387 cm³/mol. The first-order chi connectivity index (χ1) is 33.3. The molecule has 1 aliphatic heterocycles. The number of carbonyl (C=O) groups excluding carboxylic acids is 5. The van der Waals surface area contributed by atoms with Gasteiger partial charge >= 0.3 is 17.9 Å². The largest absolute Gasteiger partial charge is 0.512 e. The first kappa shape index (κ1) is 167. The molecule has 1 saturated heterocycles. The number of carboxylic acids is 1. The molecule has 0 radical (unpaired) electrons. The van der Waals surface area contributed by atoms with Crippen molar-refractivity contribution >= 4 is 35.6 Å². The summed E-state index contributed by atoms with van der Waals surface area (Å²) >= 11 is 0. The molecule has 29 heteroatoms. The fourth-order valence-electron chi connectivity index (χ4n) is 4.35. The smallest absolute Gasteiger partial charge is 0.344 e. The Morgan fingerprint density at radius 3 is 1.30 bits per heavy atom. The number of hydrogen-bond donors (Lipinski definition) is 7. The van der Waals surface area contributed by atoms with E-state index in [1.165, 1.54) is 39.5 Å². The zero-order chi connectivity index (χ0) is 52.2. The van der Waals surface area contributed by atoms with Crippen molar-refractivity contribution < 1.29 is 107 Å². The summed E-state index contributed by atoms with van der Waals surface area (Å²) in [5.41, 5.74) is 5.47. The lowest BCUT2D eigenvalue weighted by atomic mass is 10.4. The van der Waals surface area contributed by atoms with E-state index in [9.17, 15) is 28.8 Å². The van der Waals surface area contributed by atoms with E-state index in [0.717, 1.165) is 58.5 Å². The Morgan fingerprint density at radius 2 is 0.923 bits per heavy atom. The number of carbonyl (C=O) groups is 6. The lowest BCUT2D eigenvalue weighted by Crippen LogP contribution is -2.39. The Hall–Kier alpha value is -4.86. The number of nitrogens with zero attached hydrogens (tertiary/aromatic N) is 3. The molecule has 580 valence electrons. The Labute approximate surface area is 564 Å². The lowest BCUT2D eigenvalue weighted by molar-refractivity contribution is -0.407. The van der Waals surface area contributed by atoms with Crippen LogP contribution in [0.3, 0.4) is 0 Å². The van der Waals surface area contributed by atoms with Gasteiger partial charge in [0.05, 0.1) is 7.11 Å². The lowest BCUT2D eigenvalue weighted by Gasteiger charge is -2.21. The van der Waals surface area contributed by atoms with Crippen LogP contribution in [0.2, 0.25) is 0 Å². The van der Waals surface area contributed by atoms with Gasteiger partial charge in [-0.15, -0.1) is 10.1 Å². The normalized spacial score (nSPS) is 9.45. The monoisotopic (exact) mass is 1360 g/mol. The number of aliphatic hydroxyl groups is 2. The molecule has 1 rings (SSSR count). The summed E-state index contributed by atoms with van der Waals surface area (Å²) in [4.78, 5) is 115. The minimum Gasteiger partial charge on any atom is -0.512 e. The van der Waals surface area contributed by atoms with Crippen molar-refractivity contribution in [3.05, 3.63) is 25.0 Å². The zero-order valence-electron chi connectivity index (χ0n) is 40.7. The van der Waals surface area contributed by atoms with Gasteiger partial charge in [-0.05, 0) is 47.0 Å². The first-order valence-electron chi connectivity index (χ1n) is 21.9. The van der Waals surface area contributed by atoms with Gasteiger partial charge in [0.15, 0.2) is 32.3 Å². The number of aliphatic hydroxyl groups excluding tert-OH is 2. The molecule has 0 aromatic carbocycles. The highest BCUT2D eigenvalue weighted by molar-refractivity contribution is 6.00. The third kappa shape index (κ3) is 123. The summed E-state index contributed by atoms with van der Waals surface area (Å²) in [7, 11) is 5.34. The van der Waals surface area contributed by atoms with Gasteiger partial charge in [-0.3, -0.25) is 14.4 Å². The number of ether oxygens (including phenoxy) is 3. The molecule has 1 aliphatic rings. The fourth-order valence-corrected chi connectivity index (χ4v) is 4.35.